The molecule has 0 atom stereocenters. The predicted octanol–water partition coefficient (Wildman–Crippen LogP) is 1.17. The maximum Gasteiger partial charge on any atom is 0.255 e. The first-order chi connectivity index (χ1) is 12.3. The van der Waals surface area contributed by atoms with Crippen molar-refractivity contribution in [1.82, 2.24) is 14.7 Å². The quantitative estimate of drug-likeness (QED) is 0.577. The molecule has 138 valence electrons. The molecule has 0 aliphatic heterocycles. The van der Waals surface area contributed by atoms with Gasteiger partial charge in [-0.25, -0.2) is 13.8 Å². The monoisotopic (exact) mass is 376 g/mol. The third-order valence-electron chi connectivity index (χ3n) is 3.55. The Morgan fingerprint density at radius 3 is 2.62 bits per heavy atom. The number of hydrogen-bond acceptors (Lipinski definition) is 6. The summed E-state index contributed by atoms with van der Waals surface area (Å²) in [4.78, 5) is 15.9. The molecule has 1 aromatic carbocycles. The van der Waals surface area contributed by atoms with Crippen LogP contribution in [-0.4, -0.2) is 50.5 Å². The van der Waals surface area contributed by atoms with Crippen LogP contribution in [0.25, 0.3) is 0 Å². The molecule has 26 heavy (non-hydrogen) atoms. The third kappa shape index (κ3) is 4.87. The molecule has 1 N–H and O–H groups in total. The summed E-state index contributed by atoms with van der Waals surface area (Å²) in [6.07, 6.45) is 4.64. The van der Waals surface area contributed by atoms with Crippen molar-refractivity contribution in [3.05, 3.63) is 53.9 Å². The number of aryl methyl sites for hydroxylation is 1. The van der Waals surface area contributed by atoms with Gasteiger partial charge in [0.15, 0.2) is 0 Å². The lowest BCUT2D eigenvalue weighted by Gasteiger charge is -2.17. The Hall–Kier alpha value is -2.78. The van der Waals surface area contributed by atoms with E-state index in [0.717, 1.165) is 9.87 Å². The van der Waals surface area contributed by atoms with Crippen molar-refractivity contribution in [2.75, 3.05) is 20.7 Å². The Morgan fingerprint density at radius 1 is 1.31 bits per heavy atom. The number of methoxy groups -OCH3 is 1. The number of carbonyl (C=O) groups is 1. The van der Waals surface area contributed by atoms with Crippen molar-refractivity contribution < 1.29 is 17.9 Å². The van der Waals surface area contributed by atoms with E-state index < -0.39 is 15.9 Å². The van der Waals surface area contributed by atoms with Crippen molar-refractivity contribution in [2.24, 2.45) is 5.10 Å². The van der Waals surface area contributed by atoms with E-state index in [1.807, 2.05) is 0 Å². The average Bonchev–Trinajstić information content (AvgIpc) is 2.62. The Labute approximate surface area is 152 Å². The summed E-state index contributed by atoms with van der Waals surface area (Å²) >= 11 is 0. The Balaban J connectivity index is 2.01. The molecule has 0 fully saturated rings. The van der Waals surface area contributed by atoms with E-state index in [9.17, 15) is 13.2 Å². The average molecular weight is 376 g/mol. The van der Waals surface area contributed by atoms with Gasteiger partial charge in [0.25, 0.3) is 5.91 Å². The fourth-order valence-electron chi connectivity index (χ4n) is 2.14. The van der Waals surface area contributed by atoms with Gasteiger partial charge in [-0.15, -0.1) is 0 Å². The summed E-state index contributed by atoms with van der Waals surface area (Å²) in [5.41, 5.74) is 3.75. The zero-order chi connectivity index (χ0) is 19.2. The van der Waals surface area contributed by atoms with E-state index in [1.54, 1.807) is 37.5 Å². The third-order valence-corrected chi connectivity index (χ3v) is 5.35. The smallest absolute Gasteiger partial charge is 0.255 e. The van der Waals surface area contributed by atoms with Crippen LogP contribution in [0.15, 0.2) is 52.7 Å². The number of nitrogens with zero attached hydrogens (tertiary/aromatic N) is 3. The summed E-state index contributed by atoms with van der Waals surface area (Å²) < 4.78 is 31.2. The molecule has 1 heterocycles. The lowest BCUT2D eigenvalue weighted by atomic mass is 10.2. The largest absolute Gasteiger partial charge is 0.496 e. The number of benzene rings is 1. The topological polar surface area (TPSA) is 101 Å². The fraction of sp³-hybridized carbons (Fsp3) is 0.235. The maximum atomic E-state index is 12.6. The SMILES string of the molecule is COc1ccc(S(=O)(=O)N(C)CC(=O)N/N=C/c2ccncc2)cc1C. The number of ether oxygens (including phenoxy) is 1. The summed E-state index contributed by atoms with van der Waals surface area (Å²) in [6.45, 7) is 1.39. The first-order valence-corrected chi connectivity index (χ1v) is 9.11. The molecular weight excluding hydrogens is 356 g/mol. The van der Waals surface area contributed by atoms with Gasteiger partial charge in [-0.2, -0.15) is 9.41 Å². The zero-order valence-corrected chi connectivity index (χ0v) is 15.5. The first kappa shape index (κ1) is 19.5. The summed E-state index contributed by atoms with van der Waals surface area (Å²) in [7, 11) is -0.954. The van der Waals surface area contributed by atoms with Gasteiger partial charge >= 0.3 is 0 Å². The predicted molar refractivity (Wildman–Crippen MR) is 97.5 cm³/mol. The number of sulfonamides is 1. The molecule has 0 saturated carbocycles. The van der Waals surface area contributed by atoms with E-state index in [4.69, 9.17) is 4.74 Å². The molecule has 2 rings (SSSR count). The lowest BCUT2D eigenvalue weighted by molar-refractivity contribution is -0.121. The van der Waals surface area contributed by atoms with Crippen LogP contribution in [0, 0.1) is 6.92 Å². The van der Waals surface area contributed by atoms with Gasteiger partial charge < -0.3 is 4.74 Å². The van der Waals surface area contributed by atoms with Crippen LogP contribution in [0.4, 0.5) is 0 Å². The van der Waals surface area contributed by atoms with Crippen LogP contribution in [-0.2, 0) is 14.8 Å². The van der Waals surface area contributed by atoms with Crippen LogP contribution in [0.1, 0.15) is 11.1 Å². The molecule has 0 saturated heterocycles. The molecule has 0 unspecified atom stereocenters. The zero-order valence-electron chi connectivity index (χ0n) is 14.7. The molecule has 1 aromatic heterocycles. The summed E-state index contributed by atoms with van der Waals surface area (Å²) in [5, 5.41) is 3.80. The van der Waals surface area contributed by atoms with Crippen LogP contribution in [0.3, 0.4) is 0 Å². The highest BCUT2D eigenvalue weighted by atomic mass is 32.2. The number of hydrogen-bond donors (Lipinski definition) is 1. The Morgan fingerprint density at radius 2 is 2.00 bits per heavy atom. The Kier molecular flexibility index (Phi) is 6.42. The highest BCUT2D eigenvalue weighted by Gasteiger charge is 2.23. The number of carbonyl (C=O) groups excluding carboxylic acids is 1. The lowest BCUT2D eigenvalue weighted by Crippen LogP contribution is -2.36. The van der Waals surface area contributed by atoms with Gasteiger partial charge in [0.2, 0.25) is 10.0 Å². The van der Waals surface area contributed by atoms with Gasteiger partial charge in [-0.05, 0) is 48.4 Å². The molecule has 0 spiro atoms. The molecule has 9 heteroatoms. The highest BCUT2D eigenvalue weighted by Crippen LogP contribution is 2.23. The van der Waals surface area contributed by atoms with Gasteiger partial charge in [0.05, 0.1) is 24.8 Å². The molecule has 8 nitrogen and oxygen atoms in total. The molecule has 2 aromatic rings. The normalized spacial score (nSPS) is 11.7. The maximum absolute atomic E-state index is 12.6. The Bertz CT molecular complexity index is 898. The number of amides is 1. The molecule has 0 aliphatic carbocycles. The molecular formula is C17H20N4O4S. The second-order valence-corrected chi connectivity index (χ2v) is 7.51. The van der Waals surface area contributed by atoms with E-state index >= 15 is 0 Å². The standard InChI is InChI=1S/C17H20N4O4S/c1-13-10-15(4-5-16(13)25-3)26(23,24)21(2)12-17(22)20-19-11-14-6-8-18-9-7-14/h4-11H,12H2,1-3H3,(H,20,22)/b19-11+. The van der Waals surface area contributed by atoms with Gasteiger partial charge in [-0.1, -0.05) is 0 Å². The van der Waals surface area contributed by atoms with Crippen molar-refractivity contribution >= 4 is 22.1 Å². The van der Waals surface area contributed by atoms with Crippen molar-refractivity contribution in [1.29, 1.82) is 0 Å². The molecule has 0 aliphatic rings. The summed E-state index contributed by atoms with van der Waals surface area (Å²) in [6, 6.07) is 7.97. The van der Waals surface area contributed by atoms with Crippen LogP contribution < -0.4 is 10.2 Å². The number of rotatable bonds is 7. The molecule has 0 bridgehead atoms. The van der Waals surface area contributed by atoms with Gasteiger partial charge in [0, 0.05) is 19.4 Å². The second kappa shape index (κ2) is 8.54. The summed E-state index contributed by atoms with van der Waals surface area (Å²) in [5.74, 6) is 0.0430. The number of pyridine rings is 1. The number of aromatic nitrogens is 1. The molecule has 1 amide bonds. The van der Waals surface area contributed by atoms with E-state index in [0.29, 0.717) is 11.3 Å². The van der Waals surface area contributed by atoms with Crippen LogP contribution in [0.2, 0.25) is 0 Å². The first-order valence-electron chi connectivity index (χ1n) is 7.67. The minimum atomic E-state index is -3.80. The van der Waals surface area contributed by atoms with Crippen LogP contribution in [0.5, 0.6) is 5.75 Å². The highest BCUT2D eigenvalue weighted by molar-refractivity contribution is 7.89. The number of nitrogens with one attached hydrogen (secondary N) is 1. The van der Waals surface area contributed by atoms with E-state index in [-0.39, 0.29) is 11.4 Å². The van der Waals surface area contributed by atoms with E-state index in [2.05, 4.69) is 15.5 Å². The van der Waals surface area contributed by atoms with Crippen molar-refractivity contribution in [2.45, 2.75) is 11.8 Å². The second-order valence-electron chi connectivity index (χ2n) is 5.47. The van der Waals surface area contributed by atoms with Crippen molar-refractivity contribution in [3.63, 3.8) is 0 Å². The van der Waals surface area contributed by atoms with Gasteiger partial charge in [-0.3, -0.25) is 9.78 Å². The van der Waals surface area contributed by atoms with Crippen molar-refractivity contribution in [3.8, 4) is 5.75 Å². The number of likely N-dealkylation sites (N-methyl/N-ethyl adjacent to an activating group) is 1. The molecule has 0 radical (unpaired) electrons. The number of hydrazone groups is 1. The van der Waals surface area contributed by atoms with Gasteiger partial charge in [0.1, 0.15) is 5.75 Å². The fourth-order valence-corrected chi connectivity index (χ4v) is 3.36. The van der Waals surface area contributed by atoms with Crippen LogP contribution >= 0.6 is 0 Å². The minimum Gasteiger partial charge on any atom is -0.496 e. The van der Waals surface area contributed by atoms with E-state index in [1.165, 1.54) is 32.5 Å². The minimum absolute atomic E-state index is 0.0892.